The van der Waals surface area contributed by atoms with Crippen LogP contribution in [0.3, 0.4) is 0 Å². The van der Waals surface area contributed by atoms with E-state index >= 15 is 0 Å². The smallest absolute Gasteiger partial charge is 0.328 e. The lowest BCUT2D eigenvalue weighted by atomic mass is 10.1. The molecule has 7 nitrogen and oxygen atoms in total. The Kier molecular flexibility index (Phi) is 6.92. The largest absolute Gasteiger partial charge is 0.454 e. The highest BCUT2D eigenvalue weighted by Crippen LogP contribution is 2.25. The number of amides is 2. The van der Waals surface area contributed by atoms with E-state index in [1.54, 1.807) is 30.3 Å². The van der Waals surface area contributed by atoms with Crippen molar-refractivity contribution < 1.29 is 19.1 Å². The SMILES string of the molecule is Cc1ccc(-c2csc(NC(=O)COC(=O)[C@H](C)NC(=O)c3ccccc3)n2)cc1. The van der Waals surface area contributed by atoms with Crippen LogP contribution in [0.5, 0.6) is 0 Å². The summed E-state index contributed by atoms with van der Waals surface area (Å²) < 4.78 is 4.99. The molecule has 8 heteroatoms. The molecule has 0 saturated heterocycles. The van der Waals surface area contributed by atoms with Gasteiger partial charge < -0.3 is 10.1 Å². The topological polar surface area (TPSA) is 97.4 Å². The third-order valence-corrected chi connectivity index (χ3v) is 4.94. The monoisotopic (exact) mass is 423 g/mol. The first kappa shape index (κ1) is 21.2. The Morgan fingerprint density at radius 2 is 1.77 bits per heavy atom. The number of thiazole rings is 1. The summed E-state index contributed by atoms with van der Waals surface area (Å²) in [4.78, 5) is 40.6. The van der Waals surface area contributed by atoms with Gasteiger partial charge in [-0.1, -0.05) is 48.0 Å². The van der Waals surface area contributed by atoms with E-state index in [2.05, 4.69) is 15.6 Å². The zero-order chi connectivity index (χ0) is 21.5. The predicted molar refractivity (Wildman–Crippen MR) is 115 cm³/mol. The summed E-state index contributed by atoms with van der Waals surface area (Å²) in [5, 5.41) is 7.40. The number of carbonyl (C=O) groups excluding carboxylic acids is 3. The lowest BCUT2D eigenvalue weighted by Crippen LogP contribution is -2.40. The summed E-state index contributed by atoms with van der Waals surface area (Å²) in [6, 6.07) is 15.5. The van der Waals surface area contributed by atoms with Crippen molar-refractivity contribution >= 4 is 34.3 Å². The maximum Gasteiger partial charge on any atom is 0.328 e. The van der Waals surface area contributed by atoms with Gasteiger partial charge in [-0.05, 0) is 26.0 Å². The summed E-state index contributed by atoms with van der Waals surface area (Å²) in [6.45, 7) is 3.03. The van der Waals surface area contributed by atoms with E-state index in [1.807, 2.05) is 36.6 Å². The van der Waals surface area contributed by atoms with Crippen LogP contribution in [0.4, 0.5) is 5.13 Å². The van der Waals surface area contributed by atoms with Crippen LogP contribution in [-0.2, 0) is 14.3 Å². The predicted octanol–water partition coefficient (Wildman–Crippen LogP) is 3.42. The summed E-state index contributed by atoms with van der Waals surface area (Å²) in [5.74, 6) is -1.60. The minimum absolute atomic E-state index is 0.393. The zero-order valence-corrected chi connectivity index (χ0v) is 17.4. The molecule has 1 atom stereocenters. The molecular weight excluding hydrogens is 402 g/mol. The fraction of sp³-hybridized carbons (Fsp3) is 0.182. The van der Waals surface area contributed by atoms with E-state index < -0.39 is 30.4 Å². The summed E-state index contributed by atoms with van der Waals surface area (Å²) in [7, 11) is 0. The molecule has 1 heterocycles. The normalized spacial score (nSPS) is 11.4. The third-order valence-electron chi connectivity index (χ3n) is 4.18. The molecule has 0 unspecified atom stereocenters. The van der Waals surface area contributed by atoms with Gasteiger partial charge in [0.25, 0.3) is 11.8 Å². The maximum atomic E-state index is 12.1. The molecule has 2 aromatic carbocycles. The average Bonchev–Trinajstić information content (AvgIpc) is 3.21. The number of nitrogens with zero attached hydrogens (tertiary/aromatic N) is 1. The van der Waals surface area contributed by atoms with Gasteiger partial charge in [0, 0.05) is 16.5 Å². The maximum absolute atomic E-state index is 12.1. The number of nitrogens with one attached hydrogen (secondary N) is 2. The number of benzene rings is 2. The first-order chi connectivity index (χ1) is 14.4. The number of ether oxygens (including phenoxy) is 1. The molecule has 3 aromatic rings. The van der Waals surface area contributed by atoms with Gasteiger partial charge in [0.15, 0.2) is 11.7 Å². The minimum atomic E-state index is -0.890. The van der Waals surface area contributed by atoms with Gasteiger partial charge in [0.2, 0.25) is 0 Å². The number of esters is 1. The first-order valence-electron chi connectivity index (χ1n) is 9.27. The lowest BCUT2D eigenvalue weighted by molar-refractivity contribution is -0.148. The molecule has 154 valence electrons. The molecule has 2 N–H and O–H groups in total. The van der Waals surface area contributed by atoms with E-state index in [1.165, 1.54) is 18.3 Å². The molecule has 0 radical (unpaired) electrons. The van der Waals surface area contributed by atoms with Gasteiger partial charge in [-0.15, -0.1) is 11.3 Å². The molecule has 0 fully saturated rings. The average molecular weight is 423 g/mol. The molecule has 30 heavy (non-hydrogen) atoms. The Morgan fingerprint density at radius 1 is 1.07 bits per heavy atom. The van der Waals surface area contributed by atoms with Gasteiger partial charge in [-0.2, -0.15) is 0 Å². The van der Waals surface area contributed by atoms with E-state index in [-0.39, 0.29) is 0 Å². The van der Waals surface area contributed by atoms with Crippen molar-refractivity contribution in [2.45, 2.75) is 19.9 Å². The first-order valence-corrected chi connectivity index (χ1v) is 10.2. The van der Waals surface area contributed by atoms with Gasteiger partial charge >= 0.3 is 5.97 Å². The summed E-state index contributed by atoms with van der Waals surface area (Å²) in [5.41, 5.74) is 3.29. The number of carbonyl (C=O) groups is 3. The van der Waals surface area contributed by atoms with E-state index in [4.69, 9.17) is 4.74 Å². The second kappa shape index (κ2) is 9.80. The van der Waals surface area contributed by atoms with Crippen LogP contribution < -0.4 is 10.6 Å². The number of anilines is 1. The van der Waals surface area contributed by atoms with Crippen LogP contribution in [0.1, 0.15) is 22.8 Å². The number of hydrogen-bond donors (Lipinski definition) is 2. The molecule has 0 aliphatic rings. The van der Waals surface area contributed by atoms with Crippen molar-refractivity contribution in [2.75, 3.05) is 11.9 Å². The van der Waals surface area contributed by atoms with E-state index in [0.717, 1.165) is 16.8 Å². The highest BCUT2D eigenvalue weighted by molar-refractivity contribution is 7.14. The molecule has 2 amide bonds. The van der Waals surface area contributed by atoms with Crippen LogP contribution in [-0.4, -0.2) is 35.4 Å². The Hall–Kier alpha value is -3.52. The van der Waals surface area contributed by atoms with Crippen molar-refractivity contribution in [1.29, 1.82) is 0 Å². The molecule has 0 saturated carbocycles. The molecule has 0 spiro atoms. The van der Waals surface area contributed by atoms with Crippen molar-refractivity contribution in [1.82, 2.24) is 10.3 Å². The van der Waals surface area contributed by atoms with Crippen LogP contribution in [0.15, 0.2) is 60.0 Å². The van der Waals surface area contributed by atoms with E-state index in [0.29, 0.717) is 10.7 Å². The van der Waals surface area contributed by atoms with Gasteiger partial charge in [-0.3, -0.25) is 14.9 Å². The third kappa shape index (κ3) is 5.74. The highest BCUT2D eigenvalue weighted by Gasteiger charge is 2.19. The standard InChI is InChI=1S/C22H21N3O4S/c1-14-8-10-16(11-9-14)18-13-30-22(24-18)25-19(26)12-29-21(28)15(2)23-20(27)17-6-4-3-5-7-17/h3-11,13,15H,12H2,1-2H3,(H,23,27)(H,24,25,26)/t15-/m0/s1. The molecular formula is C22H21N3O4S. The minimum Gasteiger partial charge on any atom is -0.454 e. The Morgan fingerprint density at radius 3 is 2.47 bits per heavy atom. The van der Waals surface area contributed by atoms with Crippen LogP contribution in [0, 0.1) is 6.92 Å². The number of rotatable bonds is 7. The fourth-order valence-electron chi connectivity index (χ4n) is 2.53. The van der Waals surface area contributed by atoms with Gasteiger partial charge in [0.05, 0.1) is 5.69 Å². The molecule has 1 aromatic heterocycles. The van der Waals surface area contributed by atoms with Crippen molar-refractivity contribution in [3.63, 3.8) is 0 Å². The van der Waals surface area contributed by atoms with E-state index in [9.17, 15) is 14.4 Å². The number of hydrogen-bond acceptors (Lipinski definition) is 6. The summed E-state index contributed by atoms with van der Waals surface area (Å²) in [6.07, 6.45) is 0. The molecule has 3 rings (SSSR count). The Bertz CT molecular complexity index is 1030. The lowest BCUT2D eigenvalue weighted by Gasteiger charge is -2.13. The highest BCUT2D eigenvalue weighted by atomic mass is 32.1. The van der Waals surface area contributed by atoms with Crippen molar-refractivity contribution in [3.05, 3.63) is 71.1 Å². The second-order valence-electron chi connectivity index (χ2n) is 6.62. The van der Waals surface area contributed by atoms with Crippen LogP contribution in [0.25, 0.3) is 11.3 Å². The van der Waals surface area contributed by atoms with Crippen molar-refractivity contribution in [2.24, 2.45) is 0 Å². The van der Waals surface area contributed by atoms with Crippen LogP contribution >= 0.6 is 11.3 Å². The van der Waals surface area contributed by atoms with Gasteiger partial charge in [-0.25, -0.2) is 9.78 Å². The van der Waals surface area contributed by atoms with Crippen LogP contribution in [0.2, 0.25) is 0 Å². The Balaban J connectivity index is 1.46. The number of aromatic nitrogens is 1. The van der Waals surface area contributed by atoms with Crippen molar-refractivity contribution in [3.8, 4) is 11.3 Å². The second-order valence-corrected chi connectivity index (χ2v) is 7.48. The zero-order valence-electron chi connectivity index (χ0n) is 16.5. The fourth-order valence-corrected chi connectivity index (χ4v) is 3.27. The molecule has 0 aliphatic carbocycles. The molecule has 0 bridgehead atoms. The molecule has 0 aliphatic heterocycles. The quantitative estimate of drug-likeness (QED) is 0.568. The van der Waals surface area contributed by atoms with Gasteiger partial charge in [0.1, 0.15) is 6.04 Å². The summed E-state index contributed by atoms with van der Waals surface area (Å²) >= 11 is 1.28. The number of aryl methyl sites for hydroxylation is 1. The Labute approximate surface area is 178 Å².